The Hall–Kier alpha value is -2.32. The van der Waals surface area contributed by atoms with E-state index in [1.165, 1.54) is 11.4 Å². The second-order valence-corrected chi connectivity index (χ2v) is 9.01. The number of hydrogen-bond acceptors (Lipinski definition) is 5. The lowest BCUT2D eigenvalue weighted by Crippen LogP contribution is -2.37. The summed E-state index contributed by atoms with van der Waals surface area (Å²) in [5, 5.41) is 0. The number of carbonyl (C=O) groups is 1. The zero-order valence-electron chi connectivity index (χ0n) is 15.8. The van der Waals surface area contributed by atoms with Gasteiger partial charge in [0.05, 0.1) is 18.8 Å². The fraction of sp³-hybridized carbons (Fsp3) is 0.421. The smallest absolute Gasteiger partial charge is 0.228 e. The van der Waals surface area contributed by atoms with Crippen molar-refractivity contribution < 1.29 is 13.2 Å². The lowest BCUT2D eigenvalue weighted by atomic mass is 10.0. The van der Waals surface area contributed by atoms with Crippen LogP contribution in [0.3, 0.4) is 0 Å². The Balaban J connectivity index is 1.96. The first kappa shape index (κ1) is 19.4. The third kappa shape index (κ3) is 4.17. The largest absolute Gasteiger partial charge is 0.292 e. The van der Waals surface area contributed by atoms with Crippen LogP contribution in [0.5, 0.6) is 0 Å². The van der Waals surface area contributed by atoms with Crippen molar-refractivity contribution in [2.24, 2.45) is 0 Å². The van der Waals surface area contributed by atoms with E-state index >= 15 is 0 Å². The minimum atomic E-state index is -3.33. The van der Waals surface area contributed by atoms with Gasteiger partial charge in [0.2, 0.25) is 15.9 Å². The number of benzene rings is 1. The van der Waals surface area contributed by atoms with E-state index in [2.05, 4.69) is 9.97 Å². The first-order valence-corrected chi connectivity index (χ1v) is 10.6. The van der Waals surface area contributed by atoms with E-state index in [0.29, 0.717) is 31.0 Å². The molecular weight excluding hydrogens is 364 g/mol. The van der Waals surface area contributed by atoms with Gasteiger partial charge in [-0.05, 0) is 25.8 Å². The molecule has 1 aliphatic heterocycles. The molecule has 0 saturated carbocycles. The van der Waals surface area contributed by atoms with Gasteiger partial charge in [0.25, 0.3) is 0 Å². The van der Waals surface area contributed by atoms with Gasteiger partial charge in [0, 0.05) is 24.7 Å². The molecule has 2 aromatic rings. The molecule has 0 saturated heterocycles. The predicted molar refractivity (Wildman–Crippen MR) is 104 cm³/mol. The van der Waals surface area contributed by atoms with Crippen LogP contribution in [-0.2, 0) is 34.3 Å². The predicted octanol–water partition coefficient (Wildman–Crippen LogP) is 2.05. The van der Waals surface area contributed by atoms with E-state index in [9.17, 15) is 13.2 Å². The highest BCUT2D eigenvalue weighted by molar-refractivity contribution is 7.89. The fourth-order valence-corrected chi connectivity index (χ4v) is 3.91. The lowest BCUT2D eigenvalue weighted by molar-refractivity contribution is -0.119. The van der Waals surface area contributed by atoms with Crippen LogP contribution >= 0.6 is 0 Å². The monoisotopic (exact) mass is 388 g/mol. The number of rotatable bonds is 6. The minimum absolute atomic E-state index is 0.0185. The molecule has 1 aromatic heterocycles. The molecule has 1 aliphatic rings. The van der Waals surface area contributed by atoms with E-state index in [1.807, 2.05) is 37.3 Å². The zero-order chi connectivity index (χ0) is 19.6. The van der Waals surface area contributed by atoms with Crippen LogP contribution in [0.4, 0.5) is 5.82 Å². The molecule has 0 fully saturated rings. The maximum Gasteiger partial charge on any atom is 0.228 e. The Morgan fingerprint density at radius 3 is 2.52 bits per heavy atom. The third-order valence-corrected chi connectivity index (χ3v) is 6.58. The van der Waals surface area contributed by atoms with Gasteiger partial charge < -0.3 is 0 Å². The van der Waals surface area contributed by atoms with Crippen molar-refractivity contribution in [2.45, 2.75) is 39.8 Å². The van der Waals surface area contributed by atoms with E-state index in [-0.39, 0.29) is 18.2 Å². The first-order valence-electron chi connectivity index (χ1n) is 8.96. The lowest BCUT2D eigenvalue weighted by Gasteiger charge is -2.29. The molecule has 0 radical (unpaired) electrons. The first-order chi connectivity index (χ1) is 12.8. The van der Waals surface area contributed by atoms with E-state index in [0.717, 1.165) is 16.8 Å². The van der Waals surface area contributed by atoms with Crippen LogP contribution in [0.15, 0.2) is 30.3 Å². The topological polar surface area (TPSA) is 83.5 Å². The summed E-state index contributed by atoms with van der Waals surface area (Å²) in [5.74, 6) is 1.04. The van der Waals surface area contributed by atoms with Crippen LogP contribution < -0.4 is 4.90 Å². The molecule has 144 valence electrons. The summed E-state index contributed by atoms with van der Waals surface area (Å²) in [7, 11) is -1.81. The molecule has 0 unspecified atom stereocenters. The number of fused-ring (bicyclic) bond motifs is 1. The Labute approximate surface area is 160 Å². The molecule has 0 N–H and O–H groups in total. The van der Waals surface area contributed by atoms with Gasteiger partial charge >= 0.3 is 0 Å². The quantitative estimate of drug-likeness (QED) is 0.756. The SMILES string of the molecule is CCS(=O)(=O)N(C)Cc1nc(C)c2c(n1)N(Cc1ccccc1)C(=O)CC2. The number of aromatic nitrogens is 2. The van der Waals surface area contributed by atoms with Crippen LogP contribution in [0.2, 0.25) is 0 Å². The summed E-state index contributed by atoms with van der Waals surface area (Å²) < 4.78 is 25.3. The molecule has 1 aromatic carbocycles. The standard InChI is InChI=1S/C19H24N4O3S/c1-4-27(25,26)22(3)13-17-20-14(2)16-10-11-18(24)23(19(16)21-17)12-15-8-6-5-7-9-15/h5-9H,4,10-13H2,1-3H3. The third-order valence-electron chi connectivity index (χ3n) is 4.77. The van der Waals surface area contributed by atoms with Gasteiger partial charge in [-0.2, -0.15) is 4.31 Å². The van der Waals surface area contributed by atoms with Crippen molar-refractivity contribution in [3.05, 3.63) is 53.0 Å². The molecule has 3 rings (SSSR count). The highest BCUT2D eigenvalue weighted by Crippen LogP contribution is 2.29. The number of sulfonamides is 1. The van der Waals surface area contributed by atoms with Gasteiger partial charge in [-0.25, -0.2) is 18.4 Å². The minimum Gasteiger partial charge on any atom is -0.292 e. The number of carbonyl (C=O) groups excluding carboxylic acids is 1. The van der Waals surface area contributed by atoms with Gasteiger partial charge in [0.1, 0.15) is 11.6 Å². The highest BCUT2D eigenvalue weighted by atomic mass is 32.2. The van der Waals surface area contributed by atoms with Crippen molar-refractivity contribution in [2.75, 3.05) is 17.7 Å². The van der Waals surface area contributed by atoms with Crippen LogP contribution in [0.25, 0.3) is 0 Å². The Kier molecular flexibility index (Phi) is 5.57. The van der Waals surface area contributed by atoms with Crippen LogP contribution in [-0.4, -0.2) is 41.4 Å². The number of amides is 1. The van der Waals surface area contributed by atoms with Gasteiger partial charge in [0.15, 0.2) is 0 Å². The molecule has 0 spiro atoms. The maximum atomic E-state index is 12.6. The molecular formula is C19H24N4O3S. The van der Waals surface area contributed by atoms with Crippen LogP contribution in [0, 0.1) is 6.92 Å². The van der Waals surface area contributed by atoms with Crippen molar-refractivity contribution >= 4 is 21.7 Å². The summed E-state index contributed by atoms with van der Waals surface area (Å²) in [6, 6.07) is 9.75. The number of anilines is 1. The van der Waals surface area contributed by atoms with Crippen molar-refractivity contribution in [3.8, 4) is 0 Å². The summed E-state index contributed by atoms with van der Waals surface area (Å²) in [5.41, 5.74) is 2.76. The van der Waals surface area contributed by atoms with E-state index < -0.39 is 10.0 Å². The van der Waals surface area contributed by atoms with Crippen LogP contribution in [0.1, 0.15) is 36.0 Å². The molecule has 27 heavy (non-hydrogen) atoms. The van der Waals surface area contributed by atoms with Gasteiger partial charge in [-0.3, -0.25) is 9.69 Å². The number of nitrogens with zero attached hydrogens (tertiary/aromatic N) is 4. The number of hydrogen-bond donors (Lipinski definition) is 0. The molecule has 7 nitrogen and oxygen atoms in total. The Bertz CT molecular complexity index is 945. The normalized spacial score (nSPS) is 14.5. The molecule has 0 bridgehead atoms. The Morgan fingerprint density at radius 1 is 1.15 bits per heavy atom. The second kappa shape index (κ2) is 7.74. The molecule has 0 aliphatic carbocycles. The molecule has 8 heteroatoms. The van der Waals surface area contributed by atoms with Crippen molar-refractivity contribution in [1.29, 1.82) is 0 Å². The van der Waals surface area contributed by atoms with Crippen molar-refractivity contribution in [3.63, 3.8) is 0 Å². The molecule has 1 amide bonds. The summed E-state index contributed by atoms with van der Waals surface area (Å²) in [4.78, 5) is 23.3. The summed E-state index contributed by atoms with van der Waals surface area (Å²) in [6.07, 6.45) is 1.03. The van der Waals surface area contributed by atoms with E-state index in [4.69, 9.17) is 0 Å². The average Bonchev–Trinajstić information content (AvgIpc) is 2.65. The highest BCUT2D eigenvalue weighted by Gasteiger charge is 2.28. The fourth-order valence-electron chi connectivity index (χ4n) is 3.16. The van der Waals surface area contributed by atoms with Crippen molar-refractivity contribution in [1.82, 2.24) is 14.3 Å². The second-order valence-electron chi connectivity index (χ2n) is 6.65. The van der Waals surface area contributed by atoms with Gasteiger partial charge in [-0.15, -0.1) is 0 Å². The Morgan fingerprint density at radius 2 is 1.85 bits per heavy atom. The van der Waals surface area contributed by atoms with Gasteiger partial charge in [-0.1, -0.05) is 30.3 Å². The van der Waals surface area contributed by atoms with E-state index in [1.54, 1.807) is 11.8 Å². The number of aryl methyl sites for hydroxylation is 1. The maximum absolute atomic E-state index is 12.6. The molecule has 0 atom stereocenters. The summed E-state index contributed by atoms with van der Waals surface area (Å²) in [6.45, 7) is 4.00. The summed E-state index contributed by atoms with van der Waals surface area (Å²) >= 11 is 0. The molecule has 2 heterocycles. The average molecular weight is 388 g/mol. The zero-order valence-corrected chi connectivity index (χ0v) is 16.7.